The summed E-state index contributed by atoms with van der Waals surface area (Å²) in [5, 5.41) is 18.5. The normalized spacial score (nSPS) is 12.8. The Bertz CT molecular complexity index is 263. The fourth-order valence-electron chi connectivity index (χ4n) is 0.884. The van der Waals surface area contributed by atoms with Gasteiger partial charge in [-0.2, -0.15) is 0 Å². The molecule has 2 nitrogen and oxygen atoms in total. The molecule has 2 N–H and O–H groups in total. The molecule has 0 spiro atoms. The number of hydrogen-bond acceptors (Lipinski definition) is 3. The molecule has 1 aromatic rings. The minimum atomic E-state index is -0.257. The van der Waals surface area contributed by atoms with Gasteiger partial charge in [0.1, 0.15) is 5.75 Å². The smallest absolute Gasteiger partial charge is 0.116 e. The average molecular weight is 198 g/mol. The number of aliphatic hydroxyl groups is 1. The molecule has 1 aromatic carbocycles. The molecule has 0 aliphatic heterocycles. The fourth-order valence-corrected chi connectivity index (χ4v) is 1.88. The van der Waals surface area contributed by atoms with Crippen LogP contribution in [0.3, 0.4) is 0 Å². The van der Waals surface area contributed by atoms with Crippen LogP contribution in [-0.4, -0.2) is 22.1 Å². The van der Waals surface area contributed by atoms with Crippen molar-refractivity contribution in [1.82, 2.24) is 0 Å². The highest BCUT2D eigenvalue weighted by Gasteiger charge is 2.01. The number of aromatic hydroxyl groups is 1. The Balaban J connectivity index is 2.45. The lowest BCUT2D eigenvalue weighted by Crippen LogP contribution is -2.06. The van der Waals surface area contributed by atoms with E-state index in [0.29, 0.717) is 5.75 Å². The highest BCUT2D eigenvalue weighted by molar-refractivity contribution is 7.99. The van der Waals surface area contributed by atoms with E-state index >= 15 is 0 Å². The van der Waals surface area contributed by atoms with Crippen LogP contribution in [0.5, 0.6) is 5.75 Å². The Hall–Kier alpha value is -0.670. The van der Waals surface area contributed by atoms with E-state index in [2.05, 4.69) is 0 Å². The van der Waals surface area contributed by atoms with Crippen molar-refractivity contribution in [2.24, 2.45) is 0 Å². The topological polar surface area (TPSA) is 40.5 Å². The van der Waals surface area contributed by atoms with Crippen molar-refractivity contribution in [3.8, 4) is 5.75 Å². The van der Waals surface area contributed by atoms with Crippen molar-refractivity contribution in [3.63, 3.8) is 0 Å². The fraction of sp³-hybridized carbons (Fsp3) is 0.400. The number of rotatable bonds is 4. The Morgan fingerprint density at radius 1 is 1.46 bits per heavy atom. The van der Waals surface area contributed by atoms with Crippen molar-refractivity contribution >= 4 is 11.8 Å². The second-order valence-electron chi connectivity index (χ2n) is 2.87. The predicted octanol–water partition coefficient (Wildman–Crippen LogP) is 2.26. The van der Waals surface area contributed by atoms with Gasteiger partial charge in [0.05, 0.1) is 6.10 Å². The second kappa shape index (κ2) is 5.14. The standard InChI is InChI=1S/C10H14O2S/c1-2-8(11)7-13-10-5-3-4-9(12)6-10/h3-6,8,11-12H,2,7H2,1H3. The SMILES string of the molecule is CCC(O)CSc1cccc(O)c1. The molecule has 0 aliphatic carbocycles. The number of aliphatic hydroxyl groups excluding tert-OH is 1. The van der Waals surface area contributed by atoms with Gasteiger partial charge in [0.15, 0.2) is 0 Å². The van der Waals surface area contributed by atoms with E-state index in [1.165, 1.54) is 0 Å². The summed E-state index contributed by atoms with van der Waals surface area (Å²) in [6.45, 7) is 1.95. The van der Waals surface area contributed by atoms with Gasteiger partial charge in [-0.25, -0.2) is 0 Å². The summed E-state index contributed by atoms with van der Waals surface area (Å²) in [6.07, 6.45) is 0.513. The molecule has 0 aromatic heterocycles. The maximum Gasteiger partial charge on any atom is 0.116 e. The van der Waals surface area contributed by atoms with Crippen molar-refractivity contribution in [1.29, 1.82) is 0 Å². The van der Waals surface area contributed by atoms with Gasteiger partial charge in [0.2, 0.25) is 0 Å². The summed E-state index contributed by atoms with van der Waals surface area (Å²) >= 11 is 1.56. The quantitative estimate of drug-likeness (QED) is 0.729. The molecular formula is C10H14O2S. The van der Waals surface area contributed by atoms with Crippen LogP contribution < -0.4 is 0 Å². The molecule has 0 aliphatic rings. The summed E-state index contributed by atoms with van der Waals surface area (Å²) in [5.41, 5.74) is 0. The van der Waals surface area contributed by atoms with Crippen LogP contribution in [-0.2, 0) is 0 Å². The van der Waals surface area contributed by atoms with Crippen LogP contribution in [0.15, 0.2) is 29.2 Å². The molecule has 0 bridgehead atoms. The zero-order valence-corrected chi connectivity index (χ0v) is 8.42. The first-order valence-corrected chi connectivity index (χ1v) is 5.31. The summed E-state index contributed by atoms with van der Waals surface area (Å²) in [4.78, 5) is 0.993. The molecule has 1 atom stereocenters. The van der Waals surface area contributed by atoms with E-state index < -0.39 is 0 Å². The summed E-state index contributed by atoms with van der Waals surface area (Å²) in [6, 6.07) is 7.07. The largest absolute Gasteiger partial charge is 0.508 e. The first-order chi connectivity index (χ1) is 6.22. The predicted molar refractivity (Wildman–Crippen MR) is 55.1 cm³/mol. The molecule has 1 rings (SSSR count). The third-order valence-corrected chi connectivity index (χ3v) is 2.87. The van der Waals surface area contributed by atoms with E-state index in [1.807, 2.05) is 13.0 Å². The second-order valence-corrected chi connectivity index (χ2v) is 3.96. The van der Waals surface area contributed by atoms with Crippen molar-refractivity contribution in [3.05, 3.63) is 24.3 Å². The lowest BCUT2D eigenvalue weighted by atomic mass is 10.3. The molecule has 3 heteroatoms. The monoisotopic (exact) mass is 198 g/mol. The minimum absolute atomic E-state index is 0.257. The third kappa shape index (κ3) is 3.70. The molecule has 0 saturated heterocycles. The van der Waals surface area contributed by atoms with Crippen LogP contribution in [0.25, 0.3) is 0 Å². The Morgan fingerprint density at radius 2 is 2.23 bits per heavy atom. The molecule has 0 fully saturated rings. The van der Waals surface area contributed by atoms with Crippen molar-refractivity contribution in [2.75, 3.05) is 5.75 Å². The van der Waals surface area contributed by atoms with E-state index in [4.69, 9.17) is 5.11 Å². The number of phenolic OH excluding ortho intramolecular Hbond substituents is 1. The van der Waals surface area contributed by atoms with Gasteiger partial charge < -0.3 is 10.2 Å². The van der Waals surface area contributed by atoms with Gasteiger partial charge in [-0.05, 0) is 24.6 Å². The van der Waals surface area contributed by atoms with Gasteiger partial charge in [-0.15, -0.1) is 11.8 Å². The lowest BCUT2D eigenvalue weighted by molar-refractivity contribution is 0.195. The Kier molecular flexibility index (Phi) is 4.12. The summed E-state index contributed by atoms with van der Waals surface area (Å²) < 4.78 is 0. The van der Waals surface area contributed by atoms with Gasteiger partial charge in [-0.1, -0.05) is 13.0 Å². The van der Waals surface area contributed by atoms with Crippen LogP contribution in [0, 0.1) is 0 Å². The van der Waals surface area contributed by atoms with Crippen molar-refractivity contribution < 1.29 is 10.2 Å². The molecule has 0 saturated carbocycles. The van der Waals surface area contributed by atoms with Gasteiger partial charge in [0.25, 0.3) is 0 Å². The maximum absolute atomic E-state index is 9.31. The van der Waals surface area contributed by atoms with Crippen LogP contribution in [0.2, 0.25) is 0 Å². The number of phenols is 1. The Labute approximate surface area is 82.6 Å². The zero-order chi connectivity index (χ0) is 9.68. The average Bonchev–Trinajstić information content (AvgIpc) is 2.14. The highest BCUT2D eigenvalue weighted by Crippen LogP contribution is 2.22. The molecule has 13 heavy (non-hydrogen) atoms. The van der Waals surface area contributed by atoms with E-state index in [-0.39, 0.29) is 11.9 Å². The van der Waals surface area contributed by atoms with Crippen molar-refractivity contribution in [2.45, 2.75) is 24.3 Å². The Morgan fingerprint density at radius 3 is 2.85 bits per heavy atom. The van der Waals surface area contributed by atoms with Crippen LogP contribution in [0.4, 0.5) is 0 Å². The third-order valence-electron chi connectivity index (χ3n) is 1.73. The lowest BCUT2D eigenvalue weighted by Gasteiger charge is -2.06. The molecule has 0 heterocycles. The molecular weight excluding hydrogens is 184 g/mol. The number of benzene rings is 1. The first-order valence-electron chi connectivity index (χ1n) is 4.32. The van der Waals surface area contributed by atoms with E-state index in [0.717, 1.165) is 11.3 Å². The van der Waals surface area contributed by atoms with E-state index in [1.54, 1.807) is 30.0 Å². The summed E-state index contributed by atoms with van der Waals surface area (Å²) in [7, 11) is 0. The van der Waals surface area contributed by atoms with Gasteiger partial charge >= 0.3 is 0 Å². The van der Waals surface area contributed by atoms with Gasteiger partial charge in [-0.3, -0.25) is 0 Å². The van der Waals surface area contributed by atoms with E-state index in [9.17, 15) is 5.11 Å². The van der Waals surface area contributed by atoms with Crippen LogP contribution in [0.1, 0.15) is 13.3 Å². The highest BCUT2D eigenvalue weighted by atomic mass is 32.2. The number of hydrogen-bond donors (Lipinski definition) is 2. The minimum Gasteiger partial charge on any atom is -0.508 e. The molecule has 0 radical (unpaired) electrons. The molecule has 72 valence electrons. The first kappa shape index (κ1) is 10.4. The van der Waals surface area contributed by atoms with Gasteiger partial charge in [0, 0.05) is 10.6 Å². The maximum atomic E-state index is 9.31. The number of thioether (sulfide) groups is 1. The molecule has 1 unspecified atom stereocenters. The van der Waals surface area contributed by atoms with Crippen LogP contribution >= 0.6 is 11.8 Å². The summed E-state index contributed by atoms with van der Waals surface area (Å²) in [5.74, 6) is 0.955. The zero-order valence-electron chi connectivity index (χ0n) is 7.60. The molecule has 0 amide bonds.